The number of carbonyl (C=O) groups is 1. The van der Waals surface area contributed by atoms with Crippen molar-refractivity contribution in [3.63, 3.8) is 0 Å². The van der Waals surface area contributed by atoms with E-state index < -0.39 is 5.97 Å². The molecule has 2 aromatic rings. The van der Waals surface area contributed by atoms with Crippen LogP contribution < -0.4 is 10.6 Å². The van der Waals surface area contributed by atoms with Crippen LogP contribution in [-0.4, -0.2) is 38.3 Å². The van der Waals surface area contributed by atoms with Gasteiger partial charge in [-0.25, -0.2) is 9.31 Å². The molecule has 20 heavy (non-hydrogen) atoms. The van der Waals surface area contributed by atoms with Gasteiger partial charge < -0.3 is 15.7 Å². The average molecular weight is 275 g/mol. The monoisotopic (exact) mass is 275 g/mol. The number of piperidine rings is 1. The van der Waals surface area contributed by atoms with Crippen molar-refractivity contribution in [1.29, 1.82) is 0 Å². The maximum Gasteiger partial charge on any atom is 0.354 e. The highest BCUT2D eigenvalue weighted by atomic mass is 16.4. The van der Waals surface area contributed by atoms with Crippen molar-refractivity contribution >= 4 is 23.3 Å². The third kappa shape index (κ3) is 1.95. The van der Waals surface area contributed by atoms with E-state index in [1.54, 1.807) is 12.1 Å². The lowest BCUT2D eigenvalue weighted by molar-refractivity contribution is 0.0687. The first-order chi connectivity index (χ1) is 9.58. The molecule has 2 aromatic heterocycles. The van der Waals surface area contributed by atoms with Gasteiger partial charge in [-0.05, 0) is 38.3 Å². The summed E-state index contributed by atoms with van der Waals surface area (Å²) in [6.07, 6.45) is 3.47. The summed E-state index contributed by atoms with van der Waals surface area (Å²) in [7, 11) is 0. The molecule has 0 bridgehead atoms. The minimum atomic E-state index is -1.04. The SMILES string of the molecule is CC1CCCCN1c1ccc(C(=O)O)n2nc(N)nc12. The van der Waals surface area contributed by atoms with Crippen LogP contribution in [0.5, 0.6) is 0 Å². The number of pyridine rings is 1. The lowest BCUT2D eigenvalue weighted by Gasteiger charge is -2.35. The van der Waals surface area contributed by atoms with Crippen LogP contribution >= 0.6 is 0 Å². The number of aromatic carboxylic acids is 1. The number of hydrogen-bond acceptors (Lipinski definition) is 5. The number of fused-ring (bicyclic) bond motifs is 1. The summed E-state index contributed by atoms with van der Waals surface area (Å²) in [5.41, 5.74) is 7.11. The predicted molar refractivity (Wildman–Crippen MR) is 75.0 cm³/mol. The third-order valence-electron chi connectivity index (χ3n) is 3.81. The summed E-state index contributed by atoms with van der Waals surface area (Å²) >= 11 is 0. The predicted octanol–water partition coefficient (Wildman–Crippen LogP) is 1.39. The summed E-state index contributed by atoms with van der Waals surface area (Å²) in [6, 6.07) is 3.76. The zero-order chi connectivity index (χ0) is 14.3. The average Bonchev–Trinajstić information content (AvgIpc) is 2.79. The fourth-order valence-corrected chi connectivity index (χ4v) is 2.81. The van der Waals surface area contributed by atoms with Crippen LogP contribution in [0.4, 0.5) is 11.6 Å². The van der Waals surface area contributed by atoms with Gasteiger partial charge in [0.1, 0.15) is 0 Å². The van der Waals surface area contributed by atoms with Gasteiger partial charge in [-0.3, -0.25) is 0 Å². The molecule has 1 aliphatic rings. The van der Waals surface area contributed by atoms with Crippen molar-refractivity contribution < 1.29 is 9.90 Å². The van der Waals surface area contributed by atoms with E-state index in [2.05, 4.69) is 21.9 Å². The standard InChI is InChI=1S/C13H17N5O2/c1-8-4-2-3-7-17(8)9-5-6-10(12(19)20)18-11(9)15-13(14)16-18/h5-6,8H,2-4,7H2,1H3,(H2,14,16)(H,19,20). The number of aromatic nitrogens is 3. The fourth-order valence-electron chi connectivity index (χ4n) is 2.81. The zero-order valence-corrected chi connectivity index (χ0v) is 11.3. The Morgan fingerprint density at radius 2 is 2.25 bits per heavy atom. The summed E-state index contributed by atoms with van der Waals surface area (Å²) in [5.74, 6) is -0.956. The second kappa shape index (κ2) is 4.66. The van der Waals surface area contributed by atoms with Crippen LogP contribution in [0.15, 0.2) is 12.1 Å². The molecule has 1 saturated heterocycles. The number of anilines is 2. The molecule has 0 aromatic carbocycles. The molecule has 1 fully saturated rings. The van der Waals surface area contributed by atoms with Gasteiger partial charge in [-0.15, -0.1) is 5.10 Å². The third-order valence-corrected chi connectivity index (χ3v) is 3.81. The second-order valence-corrected chi connectivity index (χ2v) is 5.15. The van der Waals surface area contributed by atoms with Crippen LogP contribution in [-0.2, 0) is 0 Å². The number of carboxylic acid groups (broad SMARTS) is 1. The van der Waals surface area contributed by atoms with E-state index in [-0.39, 0.29) is 11.6 Å². The van der Waals surface area contributed by atoms with Crippen LogP contribution in [0.25, 0.3) is 5.65 Å². The molecule has 3 heterocycles. The Bertz CT molecular complexity index is 666. The van der Waals surface area contributed by atoms with Gasteiger partial charge in [-0.1, -0.05) is 0 Å². The topological polar surface area (TPSA) is 96.8 Å². The Morgan fingerprint density at radius 1 is 1.45 bits per heavy atom. The summed E-state index contributed by atoms with van der Waals surface area (Å²) in [6.45, 7) is 3.11. The van der Waals surface area contributed by atoms with Crippen LogP contribution in [0.1, 0.15) is 36.7 Å². The molecule has 3 rings (SSSR count). The molecule has 0 radical (unpaired) electrons. The minimum absolute atomic E-state index is 0.0672. The first-order valence-electron chi connectivity index (χ1n) is 6.73. The molecule has 1 unspecified atom stereocenters. The van der Waals surface area contributed by atoms with Crippen molar-refractivity contribution in [3.05, 3.63) is 17.8 Å². The van der Waals surface area contributed by atoms with E-state index in [4.69, 9.17) is 5.73 Å². The van der Waals surface area contributed by atoms with E-state index in [1.165, 1.54) is 10.9 Å². The van der Waals surface area contributed by atoms with Crippen LogP contribution in [0, 0.1) is 0 Å². The zero-order valence-electron chi connectivity index (χ0n) is 11.3. The molecular weight excluding hydrogens is 258 g/mol. The van der Waals surface area contributed by atoms with Crippen LogP contribution in [0.3, 0.4) is 0 Å². The molecule has 7 heteroatoms. The smallest absolute Gasteiger partial charge is 0.354 e. The lowest BCUT2D eigenvalue weighted by Crippen LogP contribution is -2.37. The lowest BCUT2D eigenvalue weighted by atomic mass is 10.0. The van der Waals surface area contributed by atoms with Crippen molar-refractivity contribution in [1.82, 2.24) is 14.6 Å². The molecule has 106 valence electrons. The van der Waals surface area contributed by atoms with Crippen molar-refractivity contribution in [3.8, 4) is 0 Å². The first-order valence-corrected chi connectivity index (χ1v) is 6.73. The maximum atomic E-state index is 11.2. The second-order valence-electron chi connectivity index (χ2n) is 5.15. The van der Waals surface area contributed by atoms with E-state index in [9.17, 15) is 9.90 Å². The minimum Gasteiger partial charge on any atom is -0.477 e. The Kier molecular flexibility index (Phi) is 2.96. The summed E-state index contributed by atoms with van der Waals surface area (Å²) in [5, 5.41) is 13.2. The molecule has 1 aliphatic heterocycles. The van der Waals surface area contributed by atoms with Crippen LogP contribution in [0.2, 0.25) is 0 Å². The quantitative estimate of drug-likeness (QED) is 0.859. The largest absolute Gasteiger partial charge is 0.477 e. The molecule has 1 atom stereocenters. The molecular formula is C13H17N5O2. The Balaban J connectivity index is 2.17. The van der Waals surface area contributed by atoms with Gasteiger partial charge in [0.15, 0.2) is 11.3 Å². The van der Waals surface area contributed by atoms with Crippen molar-refractivity contribution in [2.24, 2.45) is 0 Å². The Morgan fingerprint density at radius 3 is 2.95 bits per heavy atom. The highest BCUT2D eigenvalue weighted by Crippen LogP contribution is 2.28. The van der Waals surface area contributed by atoms with Gasteiger partial charge in [0.25, 0.3) is 0 Å². The van der Waals surface area contributed by atoms with Crippen molar-refractivity contribution in [2.75, 3.05) is 17.2 Å². The highest BCUT2D eigenvalue weighted by Gasteiger charge is 2.23. The molecule has 0 aliphatic carbocycles. The maximum absolute atomic E-state index is 11.2. The molecule has 0 saturated carbocycles. The number of nitrogen functional groups attached to an aromatic ring is 1. The van der Waals surface area contributed by atoms with E-state index in [0.29, 0.717) is 11.7 Å². The number of nitrogens with zero attached hydrogens (tertiary/aromatic N) is 4. The molecule has 7 nitrogen and oxygen atoms in total. The number of rotatable bonds is 2. The van der Waals surface area contributed by atoms with Gasteiger partial charge in [0.2, 0.25) is 5.95 Å². The fraction of sp³-hybridized carbons (Fsp3) is 0.462. The molecule has 3 N–H and O–H groups in total. The summed E-state index contributed by atoms with van der Waals surface area (Å²) < 4.78 is 1.31. The normalized spacial score (nSPS) is 19.4. The van der Waals surface area contributed by atoms with Gasteiger partial charge in [0, 0.05) is 12.6 Å². The molecule has 0 amide bonds. The molecule has 0 spiro atoms. The summed E-state index contributed by atoms with van der Waals surface area (Å²) in [4.78, 5) is 17.7. The Labute approximate surface area is 116 Å². The Hall–Kier alpha value is -2.31. The first kappa shape index (κ1) is 12.7. The van der Waals surface area contributed by atoms with Gasteiger partial charge in [-0.2, -0.15) is 4.98 Å². The van der Waals surface area contributed by atoms with Gasteiger partial charge >= 0.3 is 5.97 Å². The van der Waals surface area contributed by atoms with E-state index in [1.807, 2.05) is 0 Å². The number of carboxylic acids is 1. The van der Waals surface area contributed by atoms with Crippen molar-refractivity contribution in [2.45, 2.75) is 32.2 Å². The van der Waals surface area contributed by atoms with Gasteiger partial charge in [0.05, 0.1) is 5.69 Å². The van der Waals surface area contributed by atoms with E-state index in [0.717, 1.165) is 25.1 Å². The highest BCUT2D eigenvalue weighted by molar-refractivity contribution is 5.88. The number of hydrogen-bond donors (Lipinski definition) is 2. The van der Waals surface area contributed by atoms with E-state index >= 15 is 0 Å². The number of nitrogens with two attached hydrogens (primary N) is 1.